The van der Waals surface area contributed by atoms with Crippen molar-refractivity contribution in [1.82, 2.24) is 30.2 Å². The first-order chi connectivity index (χ1) is 14.5. The highest BCUT2D eigenvalue weighted by molar-refractivity contribution is 5.95. The lowest BCUT2D eigenvalue weighted by Crippen LogP contribution is -2.27. The maximum Gasteiger partial charge on any atom is 0.250 e. The number of amides is 2. The second-order valence-electron chi connectivity index (χ2n) is 6.45. The van der Waals surface area contributed by atoms with Crippen LogP contribution in [0.15, 0.2) is 31.0 Å². The van der Waals surface area contributed by atoms with Crippen molar-refractivity contribution >= 4 is 28.8 Å². The summed E-state index contributed by atoms with van der Waals surface area (Å²) in [4.78, 5) is 41.4. The number of imidazole rings is 1. The van der Waals surface area contributed by atoms with Crippen LogP contribution in [0.2, 0.25) is 0 Å². The number of hydrogen-bond donors (Lipinski definition) is 5. The number of pyridine rings is 1. The van der Waals surface area contributed by atoms with Gasteiger partial charge in [-0.15, -0.1) is 0 Å². The molecular formula is C19H27N9O2. The molecule has 3 rings (SSSR count). The normalized spacial score (nSPS) is 10.3. The van der Waals surface area contributed by atoms with E-state index in [0.29, 0.717) is 41.3 Å². The van der Waals surface area contributed by atoms with Gasteiger partial charge in [0.25, 0.3) is 5.91 Å². The molecule has 0 aliphatic carbocycles. The molecule has 0 aromatic carbocycles. The molecule has 3 aromatic rings. The molecule has 30 heavy (non-hydrogen) atoms. The van der Waals surface area contributed by atoms with Gasteiger partial charge in [-0.3, -0.25) is 14.6 Å². The van der Waals surface area contributed by atoms with E-state index in [1.54, 1.807) is 18.3 Å². The SMILES string of the molecule is NCCCCCCNC(=O)Cc1ncccc1C(N)=O.Nc1ncnc2[nH]cnc12. The summed E-state index contributed by atoms with van der Waals surface area (Å²) in [5, 5.41) is 2.81. The van der Waals surface area contributed by atoms with Crippen LogP contribution in [0.5, 0.6) is 0 Å². The van der Waals surface area contributed by atoms with Gasteiger partial charge in [-0.1, -0.05) is 12.8 Å². The van der Waals surface area contributed by atoms with Crippen LogP contribution in [0.4, 0.5) is 5.82 Å². The summed E-state index contributed by atoms with van der Waals surface area (Å²) in [6.07, 6.45) is 8.63. The summed E-state index contributed by atoms with van der Waals surface area (Å²) >= 11 is 0. The molecular weight excluding hydrogens is 386 g/mol. The molecule has 0 bridgehead atoms. The van der Waals surface area contributed by atoms with Gasteiger partial charge in [0.05, 0.1) is 24.0 Å². The standard InChI is InChI=1S/C14H22N4O2.C5H5N5/c15-7-3-1-2-4-8-18-13(19)10-12-11(14(16)20)6-5-9-17-12;6-4-3-5(9-1-7-3)10-2-8-4/h5-6,9H,1-4,7-8,10,15H2,(H2,16,20)(H,18,19);1-2H,(H3,6,7,8,9,10). The van der Waals surface area contributed by atoms with Gasteiger partial charge in [-0.2, -0.15) is 0 Å². The Morgan fingerprint density at radius 1 is 1.07 bits per heavy atom. The Balaban J connectivity index is 0.000000263. The first-order valence-electron chi connectivity index (χ1n) is 9.63. The molecule has 3 aromatic heterocycles. The van der Waals surface area contributed by atoms with E-state index in [9.17, 15) is 9.59 Å². The molecule has 0 atom stereocenters. The van der Waals surface area contributed by atoms with Crippen molar-refractivity contribution in [2.24, 2.45) is 11.5 Å². The van der Waals surface area contributed by atoms with Gasteiger partial charge in [0.2, 0.25) is 5.91 Å². The van der Waals surface area contributed by atoms with Crippen molar-refractivity contribution in [2.75, 3.05) is 18.8 Å². The highest BCUT2D eigenvalue weighted by Crippen LogP contribution is 2.09. The number of nitrogens with one attached hydrogen (secondary N) is 2. The van der Waals surface area contributed by atoms with Gasteiger partial charge < -0.3 is 27.5 Å². The molecule has 8 N–H and O–H groups in total. The Labute approximate surface area is 173 Å². The first-order valence-corrected chi connectivity index (χ1v) is 9.63. The van der Waals surface area contributed by atoms with Crippen molar-refractivity contribution in [2.45, 2.75) is 32.1 Å². The van der Waals surface area contributed by atoms with Crippen LogP contribution in [0, 0.1) is 0 Å². The van der Waals surface area contributed by atoms with Crippen molar-refractivity contribution in [1.29, 1.82) is 0 Å². The number of aromatic nitrogens is 5. The molecule has 0 saturated heterocycles. The van der Waals surface area contributed by atoms with E-state index in [1.165, 1.54) is 12.7 Å². The third kappa shape index (κ3) is 7.09. The molecule has 0 radical (unpaired) electrons. The molecule has 11 nitrogen and oxygen atoms in total. The zero-order valence-corrected chi connectivity index (χ0v) is 16.7. The Hall–Kier alpha value is -3.60. The van der Waals surface area contributed by atoms with Gasteiger partial charge in [0.15, 0.2) is 11.5 Å². The lowest BCUT2D eigenvalue weighted by molar-refractivity contribution is -0.120. The van der Waals surface area contributed by atoms with Crippen LogP contribution in [0.3, 0.4) is 0 Å². The molecule has 0 spiro atoms. The van der Waals surface area contributed by atoms with E-state index in [4.69, 9.17) is 17.2 Å². The fourth-order valence-corrected chi connectivity index (χ4v) is 2.65. The minimum absolute atomic E-state index is 0.0713. The molecule has 0 aliphatic rings. The summed E-state index contributed by atoms with van der Waals surface area (Å²) in [6, 6.07) is 3.20. The molecule has 0 unspecified atom stereocenters. The van der Waals surface area contributed by atoms with Gasteiger partial charge >= 0.3 is 0 Å². The molecule has 0 saturated carbocycles. The Kier molecular flexibility index (Phi) is 9.13. The zero-order chi connectivity index (χ0) is 21.8. The predicted octanol–water partition coefficient (Wildman–Crippen LogP) is 0.293. The van der Waals surface area contributed by atoms with E-state index in [1.807, 2.05) is 0 Å². The number of hydrogen-bond acceptors (Lipinski definition) is 8. The van der Waals surface area contributed by atoms with Crippen molar-refractivity contribution in [3.63, 3.8) is 0 Å². The number of primary amides is 1. The van der Waals surface area contributed by atoms with E-state index >= 15 is 0 Å². The minimum atomic E-state index is -0.567. The van der Waals surface area contributed by atoms with E-state index in [2.05, 4.69) is 30.2 Å². The third-order valence-corrected chi connectivity index (χ3v) is 4.18. The minimum Gasteiger partial charge on any atom is -0.382 e. The van der Waals surface area contributed by atoms with Crippen molar-refractivity contribution in [3.05, 3.63) is 42.2 Å². The monoisotopic (exact) mass is 413 g/mol. The second-order valence-corrected chi connectivity index (χ2v) is 6.45. The number of carbonyl (C=O) groups excluding carboxylic acids is 2. The quantitative estimate of drug-likeness (QED) is 0.309. The highest BCUT2D eigenvalue weighted by Gasteiger charge is 2.12. The second kappa shape index (κ2) is 12.1. The third-order valence-electron chi connectivity index (χ3n) is 4.18. The maximum atomic E-state index is 11.8. The predicted molar refractivity (Wildman–Crippen MR) is 113 cm³/mol. The number of nitrogens with two attached hydrogens (primary N) is 3. The Morgan fingerprint density at radius 3 is 2.60 bits per heavy atom. The van der Waals surface area contributed by atoms with Crippen molar-refractivity contribution < 1.29 is 9.59 Å². The highest BCUT2D eigenvalue weighted by atomic mass is 16.2. The van der Waals surface area contributed by atoms with Crippen LogP contribution in [0.25, 0.3) is 11.2 Å². The van der Waals surface area contributed by atoms with E-state index in [-0.39, 0.29) is 12.3 Å². The number of nitrogen functional groups attached to an aromatic ring is 1. The summed E-state index contributed by atoms with van der Waals surface area (Å²) in [7, 11) is 0. The van der Waals surface area contributed by atoms with E-state index < -0.39 is 5.91 Å². The topological polar surface area (TPSA) is 192 Å². The Morgan fingerprint density at radius 2 is 1.87 bits per heavy atom. The molecule has 3 heterocycles. The van der Waals surface area contributed by atoms with Gasteiger partial charge in [0, 0.05) is 12.7 Å². The average Bonchev–Trinajstić information content (AvgIpc) is 3.22. The van der Waals surface area contributed by atoms with Gasteiger partial charge in [-0.05, 0) is 31.5 Å². The van der Waals surface area contributed by atoms with Crippen LogP contribution in [-0.4, -0.2) is 49.8 Å². The lowest BCUT2D eigenvalue weighted by atomic mass is 10.1. The average molecular weight is 413 g/mol. The van der Waals surface area contributed by atoms with E-state index in [0.717, 1.165) is 25.7 Å². The number of nitrogens with zero attached hydrogens (tertiary/aromatic N) is 4. The zero-order valence-electron chi connectivity index (χ0n) is 16.7. The number of fused-ring (bicyclic) bond motifs is 1. The van der Waals surface area contributed by atoms with Crippen LogP contribution in [-0.2, 0) is 11.2 Å². The number of rotatable bonds is 9. The van der Waals surface area contributed by atoms with Crippen LogP contribution < -0.4 is 22.5 Å². The largest absolute Gasteiger partial charge is 0.382 e. The number of H-pyrrole nitrogens is 1. The van der Waals surface area contributed by atoms with Gasteiger partial charge in [0.1, 0.15) is 11.8 Å². The number of aromatic amines is 1. The first kappa shape index (κ1) is 22.7. The smallest absolute Gasteiger partial charge is 0.250 e. The molecule has 11 heteroatoms. The molecule has 0 fully saturated rings. The molecule has 2 amide bonds. The number of carbonyl (C=O) groups is 2. The number of unbranched alkanes of at least 4 members (excludes halogenated alkanes) is 3. The summed E-state index contributed by atoms with van der Waals surface area (Å²) < 4.78 is 0. The van der Waals surface area contributed by atoms with Crippen LogP contribution in [0.1, 0.15) is 41.7 Å². The molecule has 0 aliphatic heterocycles. The summed E-state index contributed by atoms with van der Waals surface area (Å²) in [5.41, 5.74) is 18.1. The molecule has 160 valence electrons. The summed E-state index contributed by atoms with van der Waals surface area (Å²) in [5.74, 6) is -0.307. The Bertz CT molecular complexity index is 958. The van der Waals surface area contributed by atoms with Crippen LogP contribution >= 0.6 is 0 Å². The maximum absolute atomic E-state index is 11.8. The fraction of sp³-hybridized carbons (Fsp3) is 0.368. The fourth-order valence-electron chi connectivity index (χ4n) is 2.65. The van der Waals surface area contributed by atoms with Gasteiger partial charge in [-0.25, -0.2) is 15.0 Å². The number of anilines is 1. The summed E-state index contributed by atoms with van der Waals surface area (Å²) in [6.45, 7) is 1.34. The van der Waals surface area contributed by atoms with Crippen molar-refractivity contribution in [3.8, 4) is 0 Å². The lowest BCUT2D eigenvalue weighted by Gasteiger charge is -2.07.